The van der Waals surface area contributed by atoms with Gasteiger partial charge in [-0.2, -0.15) is 0 Å². The normalized spacial score (nSPS) is 20.3. The lowest BCUT2D eigenvalue weighted by molar-refractivity contribution is -0.0872. The van der Waals surface area contributed by atoms with E-state index in [4.69, 9.17) is 9.15 Å². The Morgan fingerprint density at radius 3 is 2.67 bits per heavy atom. The lowest BCUT2D eigenvalue weighted by Gasteiger charge is -2.47. The lowest BCUT2D eigenvalue weighted by Crippen LogP contribution is -2.58. The van der Waals surface area contributed by atoms with Crippen LogP contribution in [0.5, 0.6) is 0 Å². The molecule has 1 amide bonds. The second kappa shape index (κ2) is 6.24. The summed E-state index contributed by atoms with van der Waals surface area (Å²) in [7, 11) is 0. The van der Waals surface area contributed by atoms with Crippen LogP contribution in [0, 0.1) is 0 Å². The minimum Gasteiger partial charge on any atom is -0.472 e. The largest absolute Gasteiger partial charge is 0.472 e. The molecule has 7 nitrogen and oxygen atoms in total. The van der Waals surface area contributed by atoms with E-state index in [-0.39, 0.29) is 11.5 Å². The summed E-state index contributed by atoms with van der Waals surface area (Å²) in [5.41, 5.74) is 0.389. The Morgan fingerprint density at radius 2 is 1.96 bits per heavy atom. The molecule has 2 aromatic heterocycles. The Labute approximate surface area is 140 Å². The van der Waals surface area contributed by atoms with E-state index in [0.717, 1.165) is 31.9 Å². The third kappa shape index (κ3) is 2.87. The first-order valence-corrected chi connectivity index (χ1v) is 8.23. The number of amides is 1. The van der Waals surface area contributed by atoms with Gasteiger partial charge >= 0.3 is 0 Å². The molecule has 4 heterocycles. The molecule has 7 heteroatoms. The predicted octanol–water partition coefficient (Wildman–Crippen LogP) is 1.58. The molecule has 24 heavy (non-hydrogen) atoms. The number of rotatable bonds is 2. The predicted molar refractivity (Wildman–Crippen MR) is 86.8 cm³/mol. The SMILES string of the molecule is O=C(c1ccoc1)N1CCC2(CC1)CN(c1ncccn1)CCO2. The van der Waals surface area contributed by atoms with Crippen LogP contribution >= 0.6 is 0 Å². The van der Waals surface area contributed by atoms with Gasteiger partial charge in [-0.3, -0.25) is 4.79 Å². The fourth-order valence-electron chi connectivity index (χ4n) is 3.46. The minimum atomic E-state index is -0.218. The maximum absolute atomic E-state index is 12.4. The van der Waals surface area contributed by atoms with Gasteiger partial charge in [-0.15, -0.1) is 0 Å². The number of piperidine rings is 1. The van der Waals surface area contributed by atoms with Crippen LogP contribution in [0.25, 0.3) is 0 Å². The van der Waals surface area contributed by atoms with E-state index in [0.29, 0.717) is 25.3 Å². The third-order valence-corrected chi connectivity index (χ3v) is 4.81. The summed E-state index contributed by atoms with van der Waals surface area (Å²) in [4.78, 5) is 25.1. The zero-order chi connectivity index (χ0) is 16.4. The van der Waals surface area contributed by atoms with Crippen molar-refractivity contribution in [2.45, 2.75) is 18.4 Å². The molecule has 4 rings (SSSR count). The van der Waals surface area contributed by atoms with Gasteiger partial charge in [0.05, 0.1) is 30.6 Å². The number of morpholine rings is 1. The van der Waals surface area contributed by atoms with E-state index in [1.807, 2.05) is 11.0 Å². The lowest BCUT2D eigenvalue weighted by atomic mass is 9.89. The summed E-state index contributed by atoms with van der Waals surface area (Å²) in [6.07, 6.45) is 8.19. The van der Waals surface area contributed by atoms with E-state index in [1.54, 1.807) is 18.5 Å². The van der Waals surface area contributed by atoms with Gasteiger partial charge in [-0.05, 0) is 25.0 Å². The highest BCUT2D eigenvalue weighted by Gasteiger charge is 2.41. The standard InChI is InChI=1S/C17H20N4O3/c22-15(14-2-10-23-12-14)20-7-3-17(4-8-20)13-21(9-11-24-17)16-18-5-1-6-19-16/h1-2,5-6,10,12H,3-4,7-9,11,13H2. The molecule has 1 spiro atoms. The van der Waals surface area contributed by atoms with Crippen molar-refractivity contribution in [3.05, 3.63) is 42.6 Å². The third-order valence-electron chi connectivity index (χ3n) is 4.81. The van der Waals surface area contributed by atoms with Gasteiger partial charge < -0.3 is 19.0 Å². The first kappa shape index (κ1) is 15.1. The molecule has 0 atom stereocenters. The molecule has 0 radical (unpaired) electrons. The molecule has 2 aliphatic heterocycles. The first-order chi connectivity index (χ1) is 11.8. The van der Waals surface area contributed by atoms with E-state index in [1.165, 1.54) is 12.5 Å². The highest BCUT2D eigenvalue weighted by Crippen LogP contribution is 2.31. The van der Waals surface area contributed by atoms with Gasteiger partial charge in [0.25, 0.3) is 5.91 Å². The van der Waals surface area contributed by atoms with Crippen molar-refractivity contribution in [3.63, 3.8) is 0 Å². The highest BCUT2D eigenvalue weighted by molar-refractivity contribution is 5.93. The van der Waals surface area contributed by atoms with Crippen LogP contribution in [0.2, 0.25) is 0 Å². The maximum atomic E-state index is 12.4. The molecule has 0 N–H and O–H groups in total. The topological polar surface area (TPSA) is 71.7 Å². The Hall–Kier alpha value is -2.41. The van der Waals surface area contributed by atoms with E-state index < -0.39 is 0 Å². The first-order valence-electron chi connectivity index (χ1n) is 8.23. The molecular weight excluding hydrogens is 308 g/mol. The molecule has 0 aliphatic carbocycles. The number of carbonyl (C=O) groups is 1. The molecule has 2 fully saturated rings. The summed E-state index contributed by atoms with van der Waals surface area (Å²) in [5.74, 6) is 0.773. The number of carbonyl (C=O) groups excluding carboxylic acids is 1. The average Bonchev–Trinajstić information content (AvgIpc) is 3.17. The fraction of sp³-hybridized carbons (Fsp3) is 0.471. The van der Waals surface area contributed by atoms with Crippen LogP contribution in [0.3, 0.4) is 0 Å². The number of hydrogen-bond acceptors (Lipinski definition) is 6. The number of furan rings is 1. The van der Waals surface area contributed by atoms with Crippen LogP contribution in [-0.4, -0.2) is 59.2 Å². The number of nitrogens with zero attached hydrogens (tertiary/aromatic N) is 4. The van der Waals surface area contributed by atoms with E-state index in [9.17, 15) is 4.79 Å². The van der Waals surface area contributed by atoms with Crippen LogP contribution in [0.15, 0.2) is 41.5 Å². The molecule has 0 bridgehead atoms. The van der Waals surface area contributed by atoms with E-state index >= 15 is 0 Å². The maximum Gasteiger partial charge on any atom is 0.257 e. The zero-order valence-corrected chi connectivity index (χ0v) is 13.4. The van der Waals surface area contributed by atoms with Gasteiger partial charge in [0.1, 0.15) is 6.26 Å². The Balaban J connectivity index is 1.41. The monoisotopic (exact) mass is 328 g/mol. The minimum absolute atomic E-state index is 0.0256. The molecule has 2 aliphatic rings. The van der Waals surface area contributed by atoms with Crippen LogP contribution in [0.4, 0.5) is 5.95 Å². The average molecular weight is 328 g/mol. The zero-order valence-electron chi connectivity index (χ0n) is 13.4. The summed E-state index contributed by atoms with van der Waals surface area (Å²) >= 11 is 0. The van der Waals surface area contributed by atoms with Gasteiger partial charge in [0.2, 0.25) is 5.95 Å². The Kier molecular flexibility index (Phi) is 3.93. The fourth-order valence-corrected chi connectivity index (χ4v) is 3.46. The van der Waals surface area contributed by atoms with Crippen LogP contribution in [0.1, 0.15) is 23.2 Å². The second-order valence-corrected chi connectivity index (χ2v) is 6.31. The summed E-state index contributed by atoms with van der Waals surface area (Å²) in [6, 6.07) is 3.53. The number of hydrogen-bond donors (Lipinski definition) is 0. The Bertz CT molecular complexity index is 681. The molecule has 0 unspecified atom stereocenters. The molecule has 126 valence electrons. The van der Waals surface area contributed by atoms with Crippen molar-refractivity contribution in [2.75, 3.05) is 37.7 Å². The van der Waals surface area contributed by atoms with Crippen molar-refractivity contribution in [2.24, 2.45) is 0 Å². The summed E-state index contributed by atoms with van der Waals surface area (Å²) < 4.78 is 11.1. The van der Waals surface area contributed by atoms with Gasteiger partial charge in [-0.25, -0.2) is 9.97 Å². The van der Waals surface area contributed by atoms with E-state index in [2.05, 4.69) is 14.9 Å². The molecule has 2 saturated heterocycles. The Morgan fingerprint density at radius 1 is 1.17 bits per heavy atom. The highest BCUT2D eigenvalue weighted by atomic mass is 16.5. The number of anilines is 1. The smallest absolute Gasteiger partial charge is 0.257 e. The molecule has 2 aromatic rings. The summed E-state index contributed by atoms with van der Waals surface area (Å²) in [6.45, 7) is 3.60. The molecular formula is C17H20N4O3. The quantitative estimate of drug-likeness (QED) is 0.833. The van der Waals surface area contributed by atoms with Crippen molar-refractivity contribution in [3.8, 4) is 0 Å². The van der Waals surface area contributed by atoms with Crippen LogP contribution < -0.4 is 4.90 Å². The van der Waals surface area contributed by atoms with Crippen molar-refractivity contribution >= 4 is 11.9 Å². The second-order valence-electron chi connectivity index (χ2n) is 6.31. The van der Waals surface area contributed by atoms with Crippen LogP contribution in [-0.2, 0) is 4.74 Å². The molecule has 0 aromatic carbocycles. The number of ether oxygens (including phenoxy) is 1. The number of aromatic nitrogens is 2. The van der Waals surface area contributed by atoms with Crippen molar-refractivity contribution < 1.29 is 13.9 Å². The van der Waals surface area contributed by atoms with Gasteiger partial charge in [0.15, 0.2) is 0 Å². The van der Waals surface area contributed by atoms with Crippen molar-refractivity contribution in [1.82, 2.24) is 14.9 Å². The van der Waals surface area contributed by atoms with Crippen molar-refractivity contribution in [1.29, 1.82) is 0 Å². The summed E-state index contributed by atoms with van der Waals surface area (Å²) in [5, 5.41) is 0. The van der Waals surface area contributed by atoms with Gasteiger partial charge in [-0.1, -0.05) is 0 Å². The van der Waals surface area contributed by atoms with Gasteiger partial charge in [0, 0.05) is 32.0 Å². The number of likely N-dealkylation sites (tertiary alicyclic amines) is 1. The molecule has 0 saturated carbocycles.